The Morgan fingerprint density at radius 2 is 2.25 bits per heavy atom. The monoisotopic (exact) mass is 225 g/mol. The number of hydrogen-bond acceptors (Lipinski definition) is 3. The zero-order valence-corrected chi connectivity index (χ0v) is 10.7. The standard InChI is InChI=1S/C12H23N3O/c1-11(9-15-8-7-13-10-15)14-6-5-12(2,3)16-4/h7-8,10-11,14H,5-6,9H2,1-4H3. The molecule has 0 aliphatic carbocycles. The van der Waals surface area contributed by atoms with E-state index in [1.807, 2.05) is 12.5 Å². The predicted molar refractivity (Wildman–Crippen MR) is 65.4 cm³/mol. The minimum Gasteiger partial charge on any atom is -0.379 e. The van der Waals surface area contributed by atoms with Gasteiger partial charge in [0.1, 0.15) is 0 Å². The van der Waals surface area contributed by atoms with E-state index < -0.39 is 0 Å². The third kappa shape index (κ3) is 4.77. The van der Waals surface area contributed by atoms with Gasteiger partial charge in [-0.25, -0.2) is 4.98 Å². The Hall–Kier alpha value is -0.870. The smallest absolute Gasteiger partial charge is 0.0946 e. The Bertz CT molecular complexity index is 282. The summed E-state index contributed by atoms with van der Waals surface area (Å²) in [5.41, 5.74) is -0.0400. The van der Waals surface area contributed by atoms with Crippen molar-refractivity contribution in [1.29, 1.82) is 0 Å². The highest BCUT2D eigenvalue weighted by atomic mass is 16.5. The van der Waals surface area contributed by atoms with Gasteiger partial charge in [-0.05, 0) is 33.7 Å². The third-order valence-electron chi connectivity index (χ3n) is 2.82. The van der Waals surface area contributed by atoms with Gasteiger partial charge in [-0.15, -0.1) is 0 Å². The summed E-state index contributed by atoms with van der Waals surface area (Å²) in [7, 11) is 1.76. The van der Waals surface area contributed by atoms with E-state index in [-0.39, 0.29) is 5.60 Å². The van der Waals surface area contributed by atoms with Crippen molar-refractivity contribution in [3.05, 3.63) is 18.7 Å². The van der Waals surface area contributed by atoms with Crippen LogP contribution in [0.25, 0.3) is 0 Å². The Kier molecular flexibility index (Phi) is 4.96. The lowest BCUT2D eigenvalue weighted by molar-refractivity contribution is 0.0153. The summed E-state index contributed by atoms with van der Waals surface area (Å²) in [6, 6.07) is 0.446. The summed E-state index contributed by atoms with van der Waals surface area (Å²) < 4.78 is 7.45. The van der Waals surface area contributed by atoms with E-state index in [2.05, 4.69) is 35.6 Å². The molecule has 0 bridgehead atoms. The molecule has 0 fully saturated rings. The van der Waals surface area contributed by atoms with Gasteiger partial charge in [-0.3, -0.25) is 0 Å². The van der Waals surface area contributed by atoms with Crippen molar-refractivity contribution in [1.82, 2.24) is 14.9 Å². The van der Waals surface area contributed by atoms with Crippen molar-refractivity contribution in [2.24, 2.45) is 0 Å². The second-order valence-corrected chi connectivity index (χ2v) is 4.83. The molecule has 16 heavy (non-hydrogen) atoms. The number of hydrogen-bond donors (Lipinski definition) is 1. The first kappa shape index (κ1) is 13.2. The highest BCUT2D eigenvalue weighted by Crippen LogP contribution is 2.11. The maximum absolute atomic E-state index is 5.37. The molecule has 0 amide bonds. The molecule has 1 unspecified atom stereocenters. The molecule has 92 valence electrons. The van der Waals surface area contributed by atoms with Crippen LogP contribution in [0.15, 0.2) is 18.7 Å². The van der Waals surface area contributed by atoms with Crippen molar-refractivity contribution in [3.8, 4) is 0 Å². The van der Waals surface area contributed by atoms with Gasteiger partial charge in [0, 0.05) is 32.1 Å². The van der Waals surface area contributed by atoms with Gasteiger partial charge in [-0.1, -0.05) is 0 Å². The lowest BCUT2D eigenvalue weighted by Crippen LogP contribution is -2.35. The second-order valence-electron chi connectivity index (χ2n) is 4.83. The first-order valence-electron chi connectivity index (χ1n) is 5.78. The van der Waals surface area contributed by atoms with Crippen LogP contribution < -0.4 is 5.32 Å². The quantitative estimate of drug-likeness (QED) is 0.767. The molecule has 1 aromatic rings. The minimum absolute atomic E-state index is 0.0400. The van der Waals surface area contributed by atoms with Crippen molar-refractivity contribution in [2.75, 3.05) is 13.7 Å². The number of imidazole rings is 1. The van der Waals surface area contributed by atoms with Crippen LogP contribution in [0, 0.1) is 0 Å². The van der Waals surface area contributed by atoms with Crippen molar-refractivity contribution >= 4 is 0 Å². The van der Waals surface area contributed by atoms with E-state index >= 15 is 0 Å². The molecule has 1 N–H and O–H groups in total. The highest BCUT2D eigenvalue weighted by Gasteiger charge is 2.15. The predicted octanol–water partition coefficient (Wildman–Crippen LogP) is 1.68. The summed E-state index contributed by atoms with van der Waals surface area (Å²) in [6.45, 7) is 8.31. The Morgan fingerprint density at radius 3 is 2.81 bits per heavy atom. The lowest BCUT2D eigenvalue weighted by Gasteiger charge is -2.24. The van der Waals surface area contributed by atoms with Gasteiger partial charge in [0.15, 0.2) is 0 Å². The molecule has 0 saturated heterocycles. The number of ether oxygens (including phenoxy) is 1. The SMILES string of the molecule is COC(C)(C)CCNC(C)Cn1ccnc1. The van der Waals surface area contributed by atoms with E-state index in [0.717, 1.165) is 19.5 Å². The van der Waals surface area contributed by atoms with Crippen LogP contribution in [-0.2, 0) is 11.3 Å². The Labute approximate surface area is 98.0 Å². The van der Waals surface area contributed by atoms with Crippen molar-refractivity contribution in [2.45, 2.75) is 45.4 Å². The van der Waals surface area contributed by atoms with Gasteiger partial charge in [-0.2, -0.15) is 0 Å². The zero-order chi connectivity index (χ0) is 12.0. The fourth-order valence-corrected chi connectivity index (χ4v) is 1.50. The average molecular weight is 225 g/mol. The van der Waals surface area contributed by atoms with Gasteiger partial charge in [0.2, 0.25) is 0 Å². The van der Waals surface area contributed by atoms with Crippen LogP contribution in [0.2, 0.25) is 0 Å². The number of nitrogens with zero attached hydrogens (tertiary/aromatic N) is 2. The normalized spacial score (nSPS) is 14.0. The van der Waals surface area contributed by atoms with Crippen LogP contribution in [-0.4, -0.2) is 34.8 Å². The molecule has 1 rings (SSSR count). The maximum Gasteiger partial charge on any atom is 0.0946 e. The summed E-state index contributed by atoms with van der Waals surface area (Å²) >= 11 is 0. The Balaban J connectivity index is 2.18. The summed E-state index contributed by atoms with van der Waals surface area (Å²) in [6.07, 6.45) is 6.65. The molecule has 4 heteroatoms. The molecule has 0 aromatic carbocycles. The number of aromatic nitrogens is 2. The largest absolute Gasteiger partial charge is 0.379 e. The maximum atomic E-state index is 5.37. The molecular weight excluding hydrogens is 202 g/mol. The first-order valence-corrected chi connectivity index (χ1v) is 5.78. The van der Waals surface area contributed by atoms with Gasteiger partial charge in [0.25, 0.3) is 0 Å². The number of nitrogens with one attached hydrogen (secondary N) is 1. The Morgan fingerprint density at radius 1 is 1.50 bits per heavy atom. The molecule has 1 heterocycles. The third-order valence-corrected chi connectivity index (χ3v) is 2.82. The zero-order valence-electron chi connectivity index (χ0n) is 10.7. The van der Waals surface area contributed by atoms with Crippen molar-refractivity contribution in [3.63, 3.8) is 0 Å². The molecule has 1 aromatic heterocycles. The lowest BCUT2D eigenvalue weighted by atomic mass is 10.1. The van der Waals surface area contributed by atoms with E-state index in [4.69, 9.17) is 4.74 Å². The minimum atomic E-state index is -0.0400. The van der Waals surface area contributed by atoms with Crippen LogP contribution in [0.1, 0.15) is 27.2 Å². The molecule has 0 aliphatic rings. The topological polar surface area (TPSA) is 39.1 Å². The average Bonchev–Trinajstić information content (AvgIpc) is 2.70. The van der Waals surface area contributed by atoms with Crippen molar-refractivity contribution < 1.29 is 4.74 Å². The van der Waals surface area contributed by atoms with Crippen LogP contribution in [0.3, 0.4) is 0 Å². The molecule has 4 nitrogen and oxygen atoms in total. The fourth-order valence-electron chi connectivity index (χ4n) is 1.50. The number of rotatable bonds is 7. The van der Waals surface area contributed by atoms with Crippen LogP contribution in [0.4, 0.5) is 0 Å². The van der Waals surface area contributed by atoms with Gasteiger partial charge in [0.05, 0.1) is 11.9 Å². The molecule has 0 radical (unpaired) electrons. The fraction of sp³-hybridized carbons (Fsp3) is 0.750. The molecule has 0 saturated carbocycles. The second kappa shape index (κ2) is 6.01. The molecular formula is C12H23N3O. The molecule has 0 aliphatic heterocycles. The van der Waals surface area contributed by atoms with E-state index in [1.165, 1.54) is 0 Å². The first-order chi connectivity index (χ1) is 7.53. The van der Waals surface area contributed by atoms with Crippen LogP contribution in [0.5, 0.6) is 0 Å². The molecule has 0 spiro atoms. The van der Waals surface area contributed by atoms with Crippen LogP contribution >= 0.6 is 0 Å². The molecule has 1 atom stereocenters. The summed E-state index contributed by atoms with van der Waals surface area (Å²) in [5.74, 6) is 0. The van der Waals surface area contributed by atoms with Gasteiger partial charge >= 0.3 is 0 Å². The van der Waals surface area contributed by atoms with Gasteiger partial charge < -0.3 is 14.6 Å². The summed E-state index contributed by atoms with van der Waals surface area (Å²) in [5, 5.41) is 3.48. The summed E-state index contributed by atoms with van der Waals surface area (Å²) in [4.78, 5) is 4.02. The number of methoxy groups -OCH3 is 1. The van der Waals surface area contributed by atoms with E-state index in [9.17, 15) is 0 Å². The highest BCUT2D eigenvalue weighted by molar-refractivity contribution is 4.77. The van der Waals surface area contributed by atoms with E-state index in [1.54, 1.807) is 13.3 Å². The van der Waals surface area contributed by atoms with E-state index in [0.29, 0.717) is 6.04 Å².